The molecule has 2 nitrogen and oxygen atoms in total. The van der Waals surface area contributed by atoms with E-state index in [0.29, 0.717) is 0 Å². The maximum absolute atomic E-state index is 5.33. The first-order valence-corrected chi connectivity index (χ1v) is 6.76. The Bertz CT molecular complexity index is 125. The van der Waals surface area contributed by atoms with Gasteiger partial charge in [-0.3, -0.25) is 4.72 Å². The highest BCUT2D eigenvalue weighted by Gasteiger charge is 2.12. The summed E-state index contributed by atoms with van der Waals surface area (Å²) in [6.45, 7) is 4.55. The fraction of sp³-hybridized carbons (Fsp3) is 1.00. The second-order valence-electron chi connectivity index (χ2n) is 4.16. The van der Waals surface area contributed by atoms with Crippen LogP contribution in [0.3, 0.4) is 0 Å². The minimum absolute atomic E-state index is 0.808. The van der Waals surface area contributed by atoms with Gasteiger partial charge in [-0.25, -0.2) is 4.78 Å². The van der Waals surface area contributed by atoms with Crippen molar-refractivity contribution in [3.63, 3.8) is 0 Å². The SMILES string of the molecule is CC(C)CSNC1CCCCC1.N=S. The third-order valence-corrected chi connectivity index (χ3v) is 3.61. The van der Waals surface area contributed by atoms with E-state index in [1.165, 1.54) is 37.9 Å². The summed E-state index contributed by atoms with van der Waals surface area (Å²) in [7, 11) is 0. The average Bonchev–Trinajstić information content (AvgIpc) is 2.22. The van der Waals surface area contributed by atoms with Crippen molar-refractivity contribution < 1.29 is 0 Å². The van der Waals surface area contributed by atoms with E-state index in [-0.39, 0.29) is 0 Å². The van der Waals surface area contributed by atoms with Crippen LogP contribution in [0.25, 0.3) is 0 Å². The van der Waals surface area contributed by atoms with Gasteiger partial charge in [0.25, 0.3) is 0 Å². The number of hydrogen-bond donors (Lipinski definition) is 2. The van der Waals surface area contributed by atoms with Crippen LogP contribution in [0.5, 0.6) is 0 Å². The molecule has 0 aromatic carbocycles. The Morgan fingerprint density at radius 1 is 1.29 bits per heavy atom. The number of hydrogen-bond acceptors (Lipinski definition) is 4. The van der Waals surface area contributed by atoms with Crippen molar-refractivity contribution in [2.45, 2.75) is 52.0 Å². The molecule has 0 saturated heterocycles. The standard InChI is InChI=1S/C10H21NS.HNS/c1-9(2)8-12-11-10-6-4-3-5-7-10;1-2/h9-11H,3-8H2,1-2H3;1H. The predicted octanol–water partition coefficient (Wildman–Crippen LogP) is 3.51. The van der Waals surface area contributed by atoms with Crippen LogP contribution in [0.2, 0.25) is 0 Å². The maximum Gasteiger partial charge on any atom is 0.0324 e. The van der Waals surface area contributed by atoms with Gasteiger partial charge in [-0.1, -0.05) is 45.1 Å². The molecule has 0 aromatic heterocycles. The van der Waals surface area contributed by atoms with Gasteiger partial charge in [0.15, 0.2) is 0 Å². The second-order valence-corrected chi connectivity index (χ2v) is 5.02. The summed E-state index contributed by atoms with van der Waals surface area (Å²) in [6, 6.07) is 0.808. The fourth-order valence-corrected chi connectivity index (χ4v) is 2.45. The van der Waals surface area contributed by atoms with Crippen LogP contribution >= 0.6 is 11.9 Å². The lowest BCUT2D eigenvalue weighted by molar-refractivity contribution is 0.423. The van der Waals surface area contributed by atoms with Crippen LogP contribution in [0.15, 0.2) is 0 Å². The van der Waals surface area contributed by atoms with Gasteiger partial charge < -0.3 is 0 Å². The molecule has 1 fully saturated rings. The van der Waals surface area contributed by atoms with Gasteiger partial charge in [0.1, 0.15) is 0 Å². The molecule has 0 bridgehead atoms. The van der Waals surface area contributed by atoms with Crippen molar-refractivity contribution >= 4 is 24.4 Å². The van der Waals surface area contributed by atoms with Crippen molar-refractivity contribution in [1.82, 2.24) is 4.72 Å². The molecule has 1 aliphatic rings. The zero-order valence-corrected chi connectivity index (χ0v) is 10.8. The first-order valence-electron chi connectivity index (χ1n) is 5.37. The summed E-state index contributed by atoms with van der Waals surface area (Å²) in [5, 5.41) is 0. The monoisotopic (exact) mass is 234 g/mol. The predicted molar refractivity (Wildman–Crippen MR) is 67.4 cm³/mol. The van der Waals surface area contributed by atoms with E-state index >= 15 is 0 Å². The van der Waals surface area contributed by atoms with Crippen molar-refractivity contribution in [3.05, 3.63) is 0 Å². The van der Waals surface area contributed by atoms with Crippen LogP contribution in [0, 0.1) is 10.7 Å². The molecule has 1 aliphatic carbocycles. The molecule has 0 amide bonds. The Morgan fingerprint density at radius 2 is 1.86 bits per heavy atom. The highest BCUT2D eigenvalue weighted by Crippen LogP contribution is 2.19. The summed E-state index contributed by atoms with van der Waals surface area (Å²) in [5.74, 6) is 2.06. The molecule has 4 heteroatoms. The largest absolute Gasteiger partial charge is 0.261 e. The molecular formula is C10H22N2S2. The first kappa shape index (κ1) is 14.3. The lowest BCUT2D eigenvalue weighted by Crippen LogP contribution is -2.26. The molecule has 0 aromatic rings. The molecule has 2 N–H and O–H groups in total. The van der Waals surface area contributed by atoms with Crippen LogP contribution in [-0.4, -0.2) is 11.8 Å². The topological polar surface area (TPSA) is 35.9 Å². The van der Waals surface area contributed by atoms with Crippen LogP contribution in [0.4, 0.5) is 0 Å². The third kappa shape index (κ3) is 7.71. The Balaban J connectivity index is 0.000000791. The van der Waals surface area contributed by atoms with Crippen LogP contribution in [0.1, 0.15) is 46.0 Å². The first-order chi connectivity index (χ1) is 6.79. The molecule has 0 atom stereocenters. The second kappa shape index (κ2) is 9.87. The Labute approximate surface area is 97.7 Å². The molecule has 0 unspecified atom stereocenters. The zero-order valence-electron chi connectivity index (χ0n) is 9.21. The summed E-state index contributed by atoms with van der Waals surface area (Å²) in [4.78, 5) is 0. The van der Waals surface area contributed by atoms with Crippen molar-refractivity contribution in [2.75, 3.05) is 5.75 Å². The summed E-state index contributed by atoms with van der Waals surface area (Å²) in [6.07, 6.45) is 7.10. The Morgan fingerprint density at radius 3 is 2.36 bits per heavy atom. The minimum Gasteiger partial charge on any atom is -0.261 e. The fourth-order valence-electron chi connectivity index (χ4n) is 1.55. The van der Waals surface area contributed by atoms with Gasteiger partial charge in [-0.05, 0) is 18.8 Å². The van der Waals surface area contributed by atoms with E-state index in [2.05, 4.69) is 31.0 Å². The van der Waals surface area contributed by atoms with Crippen molar-refractivity contribution in [2.24, 2.45) is 5.92 Å². The van der Waals surface area contributed by atoms with E-state index in [4.69, 9.17) is 4.78 Å². The molecule has 1 rings (SSSR count). The molecule has 0 aliphatic heterocycles. The van der Waals surface area contributed by atoms with Gasteiger partial charge in [0.2, 0.25) is 0 Å². The quantitative estimate of drug-likeness (QED) is 0.731. The number of nitrogens with one attached hydrogen (secondary N) is 2. The summed E-state index contributed by atoms with van der Waals surface area (Å²) < 4.78 is 8.90. The molecule has 0 radical (unpaired) electrons. The zero-order chi connectivity index (χ0) is 10.8. The van der Waals surface area contributed by atoms with Gasteiger partial charge in [0, 0.05) is 24.2 Å². The molecule has 84 valence electrons. The van der Waals surface area contributed by atoms with Gasteiger partial charge in [-0.2, -0.15) is 0 Å². The molecule has 0 heterocycles. The smallest absolute Gasteiger partial charge is 0.0324 e. The van der Waals surface area contributed by atoms with Crippen LogP contribution < -0.4 is 4.72 Å². The molecule has 0 spiro atoms. The molecular weight excluding hydrogens is 212 g/mol. The average molecular weight is 234 g/mol. The van der Waals surface area contributed by atoms with Crippen LogP contribution in [-0.2, 0) is 12.4 Å². The normalized spacial score (nSPS) is 17.6. The van der Waals surface area contributed by atoms with Gasteiger partial charge in [-0.15, -0.1) is 0 Å². The maximum atomic E-state index is 5.33. The van der Waals surface area contributed by atoms with E-state index in [0.717, 1.165) is 12.0 Å². The highest BCUT2D eigenvalue weighted by atomic mass is 32.2. The summed E-state index contributed by atoms with van der Waals surface area (Å²) in [5.41, 5.74) is 0. The lowest BCUT2D eigenvalue weighted by Gasteiger charge is -2.22. The highest BCUT2D eigenvalue weighted by molar-refractivity contribution is 7.97. The van der Waals surface area contributed by atoms with Gasteiger partial charge in [0.05, 0.1) is 0 Å². The van der Waals surface area contributed by atoms with E-state index in [1.54, 1.807) is 0 Å². The Kier molecular flexibility index (Phi) is 10.1. The van der Waals surface area contributed by atoms with E-state index in [9.17, 15) is 0 Å². The molecule has 1 saturated carbocycles. The van der Waals surface area contributed by atoms with Gasteiger partial charge >= 0.3 is 0 Å². The van der Waals surface area contributed by atoms with E-state index < -0.39 is 0 Å². The minimum atomic E-state index is 0.808. The van der Waals surface area contributed by atoms with Crippen molar-refractivity contribution in [1.29, 1.82) is 4.78 Å². The summed E-state index contributed by atoms with van der Waals surface area (Å²) >= 11 is 5.25. The van der Waals surface area contributed by atoms with Crippen molar-refractivity contribution in [3.8, 4) is 0 Å². The lowest BCUT2D eigenvalue weighted by atomic mass is 9.96. The Hall–Kier alpha value is 0.330. The number of rotatable bonds is 4. The van der Waals surface area contributed by atoms with E-state index in [1.807, 2.05) is 11.9 Å². The third-order valence-electron chi connectivity index (χ3n) is 2.27. The molecule has 14 heavy (non-hydrogen) atoms.